The van der Waals surface area contributed by atoms with Crippen molar-refractivity contribution in [1.82, 2.24) is 25.3 Å². The molecule has 0 aliphatic carbocycles. The lowest BCUT2D eigenvalue weighted by Gasteiger charge is -2.41. The summed E-state index contributed by atoms with van der Waals surface area (Å²) < 4.78 is 27.5. The minimum atomic E-state index is -1.17. The second-order valence-electron chi connectivity index (χ2n) is 7.74. The number of fused-ring (bicyclic) bond motifs is 2. The zero-order valence-corrected chi connectivity index (χ0v) is 16.4. The van der Waals surface area contributed by atoms with Crippen molar-refractivity contribution in [3.63, 3.8) is 0 Å². The van der Waals surface area contributed by atoms with E-state index in [0.29, 0.717) is 30.9 Å². The van der Waals surface area contributed by atoms with Crippen molar-refractivity contribution in [2.75, 3.05) is 13.2 Å². The molecule has 8 nitrogen and oxygen atoms in total. The molecule has 2 saturated heterocycles. The van der Waals surface area contributed by atoms with Crippen molar-refractivity contribution < 1.29 is 19.0 Å². The van der Waals surface area contributed by atoms with Crippen molar-refractivity contribution in [2.24, 2.45) is 7.05 Å². The minimum absolute atomic E-state index is 0.0864. The molecule has 2 aliphatic heterocycles. The molecule has 0 saturated carbocycles. The van der Waals surface area contributed by atoms with E-state index in [1.54, 1.807) is 35.1 Å². The van der Waals surface area contributed by atoms with Crippen LogP contribution in [-0.4, -0.2) is 62.7 Å². The highest BCUT2D eigenvalue weighted by Gasteiger charge is 2.42. The van der Waals surface area contributed by atoms with Crippen LogP contribution < -0.4 is 10.1 Å². The number of phenolic OH excluding ortho intramolecular Hbond substituents is 1. The summed E-state index contributed by atoms with van der Waals surface area (Å²) in [5.74, 6) is 0.355. The van der Waals surface area contributed by atoms with Crippen molar-refractivity contribution >= 4 is 0 Å². The third-order valence-electron chi connectivity index (χ3n) is 5.55. The number of rotatable bonds is 4. The predicted octanol–water partition coefficient (Wildman–Crippen LogP) is 2.10. The zero-order valence-electron chi connectivity index (χ0n) is 16.4. The Balaban J connectivity index is 1.31. The SMILES string of the molecule is Cn1cc(-c2ccc(-c3ccc(O[C@@H]4C[C@H]5COC[C@H](N5)[C@@H]4F)nn3)c(O)c2)cn1. The summed E-state index contributed by atoms with van der Waals surface area (Å²) in [6, 6.07) is 8.43. The molecule has 3 aromatic rings. The molecule has 5 rings (SSSR count). The standard InChI is InChI=1S/C21H22FN5O3/c1-27-9-13(8-23-27)12-2-3-15(18(28)6-12)16-4-5-20(26-25-16)30-19-7-14-10-29-11-17(24-14)21(19)22/h2-6,8-9,14,17,19,21,24,28H,7,10-11H2,1H3/t14-,17-,19+,21-/m0/s1. The number of benzene rings is 1. The largest absolute Gasteiger partial charge is 0.507 e. The molecule has 2 N–H and O–H groups in total. The van der Waals surface area contributed by atoms with Crippen LogP contribution in [0.4, 0.5) is 4.39 Å². The maximum absolute atomic E-state index is 14.6. The summed E-state index contributed by atoms with van der Waals surface area (Å²) in [4.78, 5) is 0. The van der Waals surface area contributed by atoms with Gasteiger partial charge in [-0.3, -0.25) is 4.68 Å². The molecule has 2 fully saturated rings. The number of aromatic hydroxyl groups is 1. The lowest BCUT2D eigenvalue weighted by Crippen LogP contribution is -2.62. The van der Waals surface area contributed by atoms with Crippen LogP contribution in [-0.2, 0) is 11.8 Å². The average Bonchev–Trinajstić information content (AvgIpc) is 3.19. The monoisotopic (exact) mass is 411 g/mol. The van der Waals surface area contributed by atoms with E-state index in [1.807, 2.05) is 19.3 Å². The number of nitrogens with zero attached hydrogens (tertiary/aromatic N) is 4. The normalized spacial score (nSPS) is 25.8. The Labute approximate surface area is 172 Å². The summed E-state index contributed by atoms with van der Waals surface area (Å²) in [5, 5.41) is 26.1. The van der Waals surface area contributed by atoms with Crippen LogP contribution in [0.1, 0.15) is 6.42 Å². The second kappa shape index (κ2) is 7.66. The number of aromatic nitrogens is 4. The highest BCUT2D eigenvalue weighted by atomic mass is 19.1. The molecule has 30 heavy (non-hydrogen) atoms. The molecule has 2 aliphatic rings. The van der Waals surface area contributed by atoms with E-state index in [0.717, 1.165) is 11.1 Å². The fourth-order valence-corrected chi connectivity index (χ4v) is 4.02. The molecule has 0 amide bonds. The number of hydrogen-bond acceptors (Lipinski definition) is 7. The summed E-state index contributed by atoms with van der Waals surface area (Å²) in [6.45, 7) is 0.901. The van der Waals surface area contributed by atoms with Crippen molar-refractivity contribution in [3.05, 3.63) is 42.7 Å². The Morgan fingerprint density at radius 3 is 2.83 bits per heavy atom. The van der Waals surface area contributed by atoms with Crippen molar-refractivity contribution in [2.45, 2.75) is 30.8 Å². The number of morpholine rings is 1. The Morgan fingerprint density at radius 2 is 2.10 bits per heavy atom. The van der Waals surface area contributed by atoms with Gasteiger partial charge in [0.25, 0.3) is 0 Å². The summed E-state index contributed by atoms with van der Waals surface area (Å²) in [7, 11) is 1.84. The third kappa shape index (κ3) is 3.61. The van der Waals surface area contributed by atoms with Crippen LogP contribution in [0.2, 0.25) is 0 Å². The fourth-order valence-electron chi connectivity index (χ4n) is 4.02. The highest BCUT2D eigenvalue weighted by molar-refractivity contribution is 5.73. The Morgan fingerprint density at radius 1 is 1.20 bits per heavy atom. The van der Waals surface area contributed by atoms with Gasteiger partial charge in [0.1, 0.15) is 11.9 Å². The molecule has 1 aromatic carbocycles. The number of halogens is 1. The predicted molar refractivity (Wildman–Crippen MR) is 107 cm³/mol. The topological polar surface area (TPSA) is 94.3 Å². The van der Waals surface area contributed by atoms with E-state index >= 15 is 0 Å². The maximum atomic E-state index is 14.6. The van der Waals surface area contributed by atoms with Gasteiger partial charge in [0.05, 0.1) is 31.1 Å². The number of hydrogen-bond donors (Lipinski definition) is 2. The molecule has 9 heteroatoms. The molecular weight excluding hydrogens is 389 g/mol. The first-order valence-electron chi connectivity index (χ1n) is 9.87. The van der Waals surface area contributed by atoms with Gasteiger partial charge >= 0.3 is 0 Å². The first kappa shape index (κ1) is 19.0. The average molecular weight is 411 g/mol. The smallest absolute Gasteiger partial charge is 0.233 e. The van der Waals surface area contributed by atoms with Crippen LogP contribution in [0.5, 0.6) is 11.6 Å². The van der Waals surface area contributed by atoms with Gasteiger partial charge in [-0.25, -0.2) is 4.39 Å². The molecule has 2 aromatic heterocycles. The van der Waals surface area contributed by atoms with Gasteiger partial charge in [-0.05, 0) is 23.8 Å². The molecule has 2 bridgehead atoms. The Hall–Kier alpha value is -3.04. The number of aryl methyl sites for hydroxylation is 1. The molecule has 156 valence electrons. The number of alkyl halides is 1. The van der Waals surface area contributed by atoms with E-state index < -0.39 is 12.3 Å². The lowest BCUT2D eigenvalue weighted by atomic mass is 9.93. The van der Waals surface area contributed by atoms with Gasteiger partial charge < -0.3 is 19.9 Å². The van der Waals surface area contributed by atoms with E-state index in [1.165, 1.54) is 0 Å². The molecule has 0 unspecified atom stereocenters. The minimum Gasteiger partial charge on any atom is -0.507 e. The quantitative estimate of drug-likeness (QED) is 0.679. The number of nitrogens with one attached hydrogen (secondary N) is 1. The molecule has 0 spiro atoms. The van der Waals surface area contributed by atoms with Gasteiger partial charge in [0, 0.05) is 42.9 Å². The highest BCUT2D eigenvalue weighted by Crippen LogP contribution is 2.33. The van der Waals surface area contributed by atoms with Gasteiger partial charge in [-0.1, -0.05) is 6.07 Å². The second-order valence-corrected chi connectivity index (χ2v) is 7.74. The van der Waals surface area contributed by atoms with Gasteiger partial charge in [-0.2, -0.15) is 5.10 Å². The van der Waals surface area contributed by atoms with E-state index in [2.05, 4.69) is 20.6 Å². The molecule has 4 atom stereocenters. The van der Waals surface area contributed by atoms with Gasteiger partial charge in [0.2, 0.25) is 5.88 Å². The van der Waals surface area contributed by atoms with Gasteiger partial charge in [-0.15, -0.1) is 10.2 Å². The summed E-state index contributed by atoms with van der Waals surface area (Å²) >= 11 is 0. The molecule has 0 radical (unpaired) electrons. The maximum Gasteiger partial charge on any atom is 0.233 e. The van der Waals surface area contributed by atoms with Crippen molar-refractivity contribution in [1.29, 1.82) is 0 Å². The van der Waals surface area contributed by atoms with Crippen LogP contribution in [0.25, 0.3) is 22.4 Å². The Kier molecular flexibility index (Phi) is 4.84. The van der Waals surface area contributed by atoms with E-state index in [4.69, 9.17) is 9.47 Å². The fraction of sp³-hybridized carbons (Fsp3) is 0.381. The number of phenols is 1. The number of ether oxygens (including phenoxy) is 2. The van der Waals surface area contributed by atoms with E-state index in [9.17, 15) is 9.50 Å². The third-order valence-corrected chi connectivity index (χ3v) is 5.55. The first-order chi connectivity index (χ1) is 14.6. The van der Waals surface area contributed by atoms with Gasteiger partial charge in [0.15, 0.2) is 6.17 Å². The van der Waals surface area contributed by atoms with E-state index in [-0.39, 0.29) is 23.7 Å². The first-order valence-corrected chi connectivity index (χ1v) is 9.87. The zero-order chi connectivity index (χ0) is 20.7. The van der Waals surface area contributed by atoms with Crippen LogP contribution in [0, 0.1) is 0 Å². The summed E-state index contributed by atoms with van der Waals surface area (Å²) in [6.07, 6.45) is 2.36. The Bertz CT molecular complexity index is 1040. The van der Waals surface area contributed by atoms with Crippen LogP contribution in [0.3, 0.4) is 0 Å². The molecular formula is C21H22FN5O3. The summed E-state index contributed by atoms with van der Waals surface area (Å²) in [5.41, 5.74) is 2.82. The van der Waals surface area contributed by atoms with Crippen LogP contribution in [0.15, 0.2) is 42.7 Å². The lowest BCUT2D eigenvalue weighted by molar-refractivity contribution is -0.0594. The number of piperidine rings is 1. The van der Waals surface area contributed by atoms with Crippen LogP contribution >= 0.6 is 0 Å². The molecule has 4 heterocycles. The van der Waals surface area contributed by atoms with Crippen molar-refractivity contribution in [3.8, 4) is 34.0 Å².